The van der Waals surface area contributed by atoms with Gasteiger partial charge >= 0.3 is 7.12 Å². The van der Waals surface area contributed by atoms with E-state index in [-0.39, 0.29) is 11.2 Å². The fourth-order valence-electron chi connectivity index (χ4n) is 3.62. The van der Waals surface area contributed by atoms with Crippen LogP contribution in [0.1, 0.15) is 33.4 Å². The number of rotatable bonds is 3. The van der Waals surface area contributed by atoms with Crippen molar-refractivity contribution in [2.75, 3.05) is 7.11 Å². The predicted octanol–water partition coefficient (Wildman–Crippen LogP) is 5.82. The highest BCUT2D eigenvalue weighted by molar-refractivity contribution is 6.62. The second-order valence-electron chi connectivity index (χ2n) is 8.60. The molecule has 0 aliphatic carbocycles. The number of methoxy groups -OCH3 is 1. The summed E-state index contributed by atoms with van der Waals surface area (Å²) in [6.45, 7) is 10.1. The molecule has 1 fully saturated rings. The molecule has 0 saturated carbocycles. The highest BCUT2D eigenvalue weighted by Crippen LogP contribution is 2.40. The Balaban J connectivity index is 1.73. The van der Waals surface area contributed by atoms with Gasteiger partial charge in [-0.2, -0.15) is 0 Å². The molecule has 4 nitrogen and oxygen atoms in total. The minimum Gasteiger partial charge on any atom is -0.495 e. The Morgan fingerprint density at radius 1 is 0.967 bits per heavy atom. The molecule has 0 N–H and O–H groups in total. The fourth-order valence-corrected chi connectivity index (χ4v) is 4.26. The van der Waals surface area contributed by atoms with Gasteiger partial charge in [0, 0.05) is 22.7 Å². The second kappa shape index (κ2) is 7.42. The number of ether oxygens (including phenoxy) is 1. The van der Waals surface area contributed by atoms with Crippen molar-refractivity contribution in [1.29, 1.82) is 0 Å². The normalized spacial score (nSPS) is 17.5. The summed E-state index contributed by atoms with van der Waals surface area (Å²) < 4.78 is 17.6. The van der Waals surface area contributed by atoms with Crippen LogP contribution in [0.4, 0.5) is 0 Å². The van der Waals surface area contributed by atoms with Crippen LogP contribution in [0.15, 0.2) is 36.4 Å². The SMILES string of the molecule is COc1cc2nc(C)c(-c3ccc(B4OC(C)(C)C(C)(C)O4)cc3)c(Cl)c2cc1Cl. The Kier molecular flexibility index (Phi) is 5.30. The van der Waals surface area contributed by atoms with Crippen LogP contribution >= 0.6 is 23.2 Å². The number of fused-ring (bicyclic) bond motifs is 1. The summed E-state index contributed by atoms with van der Waals surface area (Å²) in [4.78, 5) is 4.73. The van der Waals surface area contributed by atoms with Crippen LogP contribution in [0, 0.1) is 6.92 Å². The Morgan fingerprint density at radius 2 is 1.57 bits per heavy atom. The van der Waals surface area contributed by atoms with Gasteiger partial charge < -0.3 is 14.0 Å². The average Bonchev–Trinajstić information content (AvgIpc) is 2.90. The van der Waals surface area contributed by atoms with E-state index in [0.29, 0.717) is 15.8 Å². The molecule has 30 heavy (non-hydrogen) atoms. The first-order valence-corrected chi connectivity index (χ1v) is 10.6. The highest BCUT2D eigenvalue weighted by atomic mass is 35.5. The summed E-state index contributed by atoms with van der Waals surface area (Å²) >= 11 is 13.1. The van der Waals surface area contributed by atoms with Crippen LogP contribution < -0.4 is 10.2 Å². The van der Waals surface area contributed by atoms with Crippen LogP contribution in [-0.4, -0.2) is 30.4 Å². The lowest BCUT2D eigenvalue weighted by molar-refractivity contribution is 0.00578. The molecule has 3 aromatic rings. The van der Waals surface area contributed by atoms with Gasteiger partial charge in [0.2, 0.25) is 0 Å². The van der Waals surface area contributed by atoms with Crippen molar-refractivity contribution >= 4 is 46.7 Å². The molecule has 0 unspecified atom stereocenters. The average molecular weight is 444 g/mol. The lowest BCUT2D eigenvalue weighted by Crippen LogP contribution is -2.41. The molecule has 156 valence electrons. The Morgan fingerprint density at radius 3 is 2.13 bits per heavy atom. The minimum atomic E-state index is -0.401. The first kappa shape index (κ1) is 21.4. The third kappa shape index (κ3) is 3.48. The highest BCUT2D eigenvalue weighted by Gasteiger charge is 2.51. The van der Waals surface area contributed by atoms with Gasteiger partial charge in [-0.25, -0.2) is 0 Å². The summed E-state index contributed by atoms with van der Waals surface area (Å²) in [7, 11) is 1.18. The minimum absolute atomic E-state index is 0.376. The monoisotopic (exact) mass is 443 g/mol. The molecule has 1 saturated heterocycles. The zero-order valence-electron chi connectivity index (χ0n) is 18.0. The summed E-state index contributed by atoms with van der Waals surface area (Å²) in [6.07, 6.45) is 0. The number of nitrogens with zero attached hydrogens (tertiary/aromatic N) is 1. The largest absolute Gasteiger partial charge is 0.495 e. The van der Waals surface area contributed by atoms with Gasteiger partial charge in [-0.1, -0.05) is 47.5 Å². The van der Waals surface area contributed by atoms with Crippen molar-refractivity contribution in [3.05, 3.63) is 52.1 Å². The van der Waals surface area contributed by atoms with E-state index in [2.05, 4.69) is 0 Å². The van der Waals surface area contributed by atoms with E-state index in [4.69, 9.17) is 42.2 Å². The van der Waals surface area contributed by atoms with Crippen molar-refractivity contribution < 1.29 is 14.0 Å². The van der Waals surface area contributed by atoms with E-state index in [1.165, 1.54) is 0 Å². The lowest BCUT2D eigenvalue weighted by atomic mass is 9.78. The van der Waals surface area contributed by atoms with Crippen molar-refractivity contribution in [3.63, 3.8) is 0 Å². The van der Waals surface area contributed by atoms with Crippen molar-refractivity contribution in [2.45, 2.75) is 45.8 Å². The third-order valence-electron chi connectivity index (χ3n) is 6.10. The first-order chi connectivity index (χ1) is 14.0. The van der Waals surface area contributed by atoms with E-state index >= 15 is 0 Å². The van der Waals surface area contributed by atoms with Crippen LogP contribution in [0.3, 0.4) is 0 Å². The van der Waals surface area contributed by atoms with Gasteiger partial charge in [-0.3, -0.25) is 4.98 Å². The van der Waals surface area contributed by atoms with Gasteiger partial charge in [0.1, 0.15) is 5.75 Å². The van der Waals surface area contributed by atoms with E-state index in [1.807, 2.05) is 65.0 Å². The van der Waals surface area contributed by atoms with Gasteiger partial charge in [0.15, 0.2) is 0 Å². The van der Waals surface area contributed by atoms with Crippen molar-refractivity contribution in [3.8, 4) is 16.9 Å². The third-order valence-corrected chi connectivity index (χ3v) is 6.79. The predicted molar refractivity (Wildman–Crippen MR) is 124 cm³/mol. The van der Waals surface area contributed by atoms with Gasteiger partial charge in [-0.05, 0) is 51.7 Å². The second-order valence-corrected chi connectivity index (χ2v) is 9.39. The van der Waals surface area contributed by atoms with Crippen LogP contribution in [0.25, 0.3) is 22.0 Å². The standard InChI is InChI=1S/C23H24BCl2NO3/c1-13-20(21(26)16-11-17(25)19(28-6)12-18(16)27-13)14-7-9-15(10-8-14)24-29-22(2,3)23(4,5)30-24/h7-12H,1-6H3. The quantitative estimate of drug-likeness (QED) is 0.477. The molecule has 4 rings (SSSR count). The number of aromatic nitrogens is 1. The smallest absolute Gasteiger partial charge is 0.494 e. The molecule has 0 radical (unpaired) electrons. The summed E-state index contributed by atoms with van der Waals surface area (Å²) in [5, 5.41) is 1.91. The molecule has 0 spiro atoms. The van der Waals surface area contributed by atoms with E-state index in [0.717, 1.165) is 33.2 Å². The molecule has 7 heteroatoms. The van der Waals surface area contributed by atoms with Crippen LogP contribution in [-0.2, 0) is 9.31 Å². The van der Waals surface area contributed by atoms with Crippen molar-refractivity contribution in [2.24, 2.45) is 0 Å². The molecular weight excluding hydrogens is 420 g/mol. The number of benzene rings is 2. The molecular formula is C23H24BCl2NO3. The molecule has 2 aromatic carbocycles. The van der Waals surface area contributed by atoms with Gasteiger partial charge in [-0.15, -0.1) is 0 Å². The Bertz CT molecular complexity index is 1110. The van der Waals surface area contributed by atoms with Crippen molar-refractivity contribution in [1.82, 2.24) is 4.98 Å². The fraction of sp³-hybridized carbons (Fsp3) is 0.348. The number of halogens is 2. The van der Waals surface area contributed by atoms with Gasteiger partial charge in [0.05, 0.1) is 33.9 Å². The van der Waals surface area contributed by atoms with E-state index < -0.39 is 7.12 Å². The maximum Gasteiger partial charge on any atom is 0.494 e. The molecule has 2 heterocycles. The van der Waals surface area contributed by atoms with Gasteiger partial charge in [0.25, 0.3) is 0 Å². The van der Waals surface area contributed by atoms with E-state index in [9.17, 15) is 0 Å². The zero-order chi connectivity index (χ0) is 21.8. The molecule has 0 amide bonds. The Hall–Kier alpha value is -1.79. The summed E-state index contributed by atoms with van der Waals surface area (Å²) in [5.41, 5.74) is 3.65. The summed E-state index contributed by atoms with van der Waals surface area (Å²) in [5.74, 6) is 0.576. The molecule has 0 bridgehead atoms. The number of pyridine rings is 1. The lowest BCUT2D eigenvalue weighted by Gasteiger charge is -2.32. The number of hydrogen-bond donors (Lipinski definition) is 0. The molecule has 0 atom stereocenters. The zero-order valence-corrected chi connectivity index (χ0v) is 19.5. The molecule has 1 aliphatic rings. The maximum atomic E-state index is 6.80. The molecule has 1 aromatic heterocycles. The van der Waals surface area contributed by atoms with Crippen LogP contribution in [0.5, 0.6) is 5.75 Å². The maximum absolute atomic E-state index is 6.80. The summed E-state index contributed by atoms with van der Waals surface area (Å²) in [6, 6.07) is 11.7. The van der Waals surface area contributed by atoms with E-state index in [1.54, 1.807) is 13.2 Å². The number of aryl methyl sites for hydroxylation is 1. The Labute approximate surface area is 187 Å². The molecule has 1 aliphatic heterocycles. The van der Waals surface area contributed by atoms with Crippen LogP contribution in [0.2, 0.25) is 10.0 Å². The topological polar surface area (TPSA) is 40.6 Å². The number of hydrogen-bond acceptors (Lipinski definition) is 4. The first-order valence-electron chi connectivity index (χ1n) is 9.83.